The molecule has 4 aromatic rings. The van der Waals surface area contributed by atoms with Gasteiger partial charge in [-0.15, -0.1) is 0 Å². The fraction of sp³-hybridized carbons (Fsp3) is 0.370. The minimum Gasteiger partial charge on any atom is -0.508 e. The van der Waals surface area contributed by atoms with Crippen LogP contribution in [0.4, 0.5) is 5.69 Å². The molecule has 0 aliphatic carbocycles. The number of aromatic hydroxyl groups is 1. The number of rotatable bonds is 10. The van der Waals surface area contributed by atoms with Crippen LogP contribution in [0, 0.1) is 0 Å². The lowest BCUT2D eigenvalue weighted by atomic mass is 10.1. The average Bonchev–Trinajstić information content (AvgIpc) is 3.26. The number of anilines is 1. The molecule has 2 N–H and O–H groups in total. The number of pyridine rings is 1. The van der Waals surface area contributed by atoms with Crippen LogP contribution in [0.1, 0.15) is 28.9 Å². The minimum absolute atomic E-state index is 0.0257. The second-order valence-corrected chi connectivity index (χ2v) is 9.32. The number of phenolic OH excluding ortho intramolecular Hbond substituents is 1. The molecule has 0 saturated heterocycles. The van der Waals surface area contributed by atoms with Crippen molar-refractivity contribution in [3.05, 3.63) is 53.7 Å². The highest BCUT2D eigenvalue weighted by Crippen LogP contribution is 2.29. The molecule has 1 amide bonds. The third-order valence-corrected chi connectivity index (χ3v) is 6.28. The van der Waals surface area contributed by atoms with Crippen molar-refractivity contribution in [1.82, 2.24) is 34.3 Å². The van der Waals surface area contributed by atoms with Crippen molar-refractivity contribution in [3.8, 4) is 23.1 Å². The van der Waals surface area contributed by atoms with Crippen molar-refractivity contribution in [3.63, 3.8) is 0 Å². The number of aryl methyl sites for hydroxylation is 1. The lowest BCUT2D eigenvalue weighted by molar-refractivity contribution is 0.0778. The number of nitrogens with one attached hydrogen (secondary N) is 1. The summed E-state index contributed by atoms with van der Waals surface area (Å²) < 4.78 is 7.50. The van der Waals surface area contributed by atoms with Gasteiger partial charge in [0.15, 0.2) is 5.82 Å². The van der Waals surface area contributed by atoms with Crippen molar-refractivity contribution >= 4 is 22.5 Å². The zero-order valence-corrected chi connectivity index (χ0v) is 22.7. The van der Waals surface area contributed by atoms with E-state index >= 15 is 0 Å². The summed E-state index contributed by atoms with van der Waals surface area (Å²) in [7, 11) is 9.22. The van der Waals surface area contributed by atoms with Gasteiger partial charge in [0, 0.05) is 39.0 Å². The first-order valence-electron chi connectivity index (χ1n) is 12.4. The van der Waals surface area contributed by atoms with Crippen molar-refractivity contribution < 1.29 is 14.6 Å². The molecule has 0 atom stereocenters. The molecule has 4 rings (SSSR count). The van der Waals surface area contributed by atoms with Crippen molar-refractivity contribution in [2.24, 2.45) is 7.05 Å². The summed E-state index contributed by atoms with van der Waals surface area (Å²) in [5.41, 5.74) is 2.82. The van der Waals surface area contributed by atoms with Gasteiger partial charge in [0.2, 0.25) is 5.88 Å². The number of imidazole rings is 1. The molecule has 11 heteroatoms. The summed E-state index contributed by atoms with van der Waals surface area (Å²) in [5.74, 6) is 1.35. The molecule has 38 heavy (non-hydrogen) atoms. The molecule has 11 nitrogen and oxygen atoms in total. The minimum atomic E-state index is -0.308. The first kappa shape index (κ1) is 26.8. The Hall–Kier alpha value is -4.25. The number of carbonyl (C=O) groups excluding carboxylic acids is 1. The Labute approximate surface area is 222 Å². The van der Waals surface area contributed by atoms with Gasteiger partial charge in [-0.2, -0.15) is 0 Å². The van der Waals surface area contributed by atoms with Gasteiger partial charge in [-0.1, -0.05) is 6.92 Å². The van der Waals surface area contributed by atoms with Crippen LogP contribution in [0.2, 0.25) is 0 Å². The number of methoxy groups -OCH3 is 1. The Bertz CT molecular complexity index is 1450. The molecule has 3 heterocycles. The lowest BCUT2D eigenvalue weighted by Crippen LogP contribution is -2.28. The SMILES string of the molecule is CCc1ncc(CN(C)C(=O)c2nc(-c3ccc(NCCN(C)C)c(OC)n3)nc3ccc(O)cc23)n1C. The quantitative estimate of drug-likeness (QED) is 0.326. The van der Waals surface area contributed by atoms with Crippen molar-refractivity contribution in [2.75, 3.05) is 46.7 Å². The Morgan fingerprint density at radius 3 is 2.61 bits per heavy atom. The monoisotopic (exact) mass is 518 g/mol. The summed E-state index contributed by atoms with van der Waals surface area (Å²) in [6, 6.07) is 8.36. The highest BCUT2D eigenvalue weighted by atomic mass is 16.5. The summed E-state index contributed by atoms with van der Waals surface area (Å²) in [6.07, 6.45) is 2.58. The van der Waals surface area contributed by atoms with Crippen LogP contribution < -0.4 is 10.1 Å². The van der Waals surface area contributed by atoms with E-state index in [1.54, 1.807) is 37.4 Å². The third kappa shape index (κ3) is 5.67. The van der Waals surface area contributed by atoms with E-state index in [4.69, 9.17) is 4.74 Å². The molecule has 0 aliphatic heterocycles. The molecule has 200 valence electrons. The van der Waals surface area contributed by atoms with Gasteiger partial charge in [-0.3, -0.25) is 4.79 Å². The highest BCUT2D eigenvalue weighted by molar-refractivity contribution is 6.05. The lowest BCUT2D eigenvalue weighted by Gasteiger charge is -2.19. The largest absolute Gasteiger partial charge is 0.508 e. The van der Waals surface area contributed by atoms with Gasteiger partial charge < -0.3 is 29.5 Å². The van der Waals surface area contributed by atoms with E-state index in [1.807, 2.05) is 38.7 Å². The third-order valence-electron chi connectivity index (χ3n) is 6.28. The number of ether oxygens (including phenoxy) is 1. The van der Waals surface area contributed by atoms with E-state index < -0.39 is 0 Å². The molecule has 0 unspecified atom stereocenters. The van der Waals surface area contributed by atoms with Gasteiger partial charge in [-0.05, 0) is 44.4 Å². The Morgan fingerprint density at radius 1 is 1.13 bits per heavy atom. The molecule has 3 aromatic heterocycles. The number of amides is 1. The zero-order valence-electron chi connectivity index (χ0n) is 22.7. The van der Waals surface area contributed by atoms with Gasteiger partial charge in [-0.25, -0.2) is 19.9 Å². The van der Waals surface area contributed by atoms with Gasteiger partial charge in [0.25, 0.3) is 5.91 Å². The molecular weight excluding hydrogens is 484 g/mol. The zero-order chi connectivity index (χ0) is 27.4. The fourth-order valence-corrected chi connectivity index (χ4v) is 4.12. The Balaban J connectivity index is 1.71. The van der Waals surface area contributed by atoms with E-state index in [2.05, 4.69) is 30.2 Å². The number of hydrogen-bond donors (Lipinski definition) is 2. The fourth-order valence-electron chi connectivity index (χ4n) is 4.12. The Kier molecular flexibility index (Phi) is 8.06. The van der Waals surface area contributed by atoms with Crippen LogP contribution in [-0.2, 0) is 20.0 Å². The second-order valence-electron chi connectivity index (χ2n) is 9.32. The van der Waals surface area contributed by atoms with E-state index in [9.17, 15) is 9.90 Å². The number of likely N-dealkylation sites (N-methyl/N-ethyl adjacent to an activating group) is 1. The summed E-state index contributed by atoms with van der Waals surface area (Å²) >= 11 is 0. The predicted molar refractivity (Wildman–Crippen MR) is 146 cm³/mol. The predicted octanol–water partition coefficient (Wildman–Crippen LogP) is 2.95. The van der Waals surface area contributed by atoms with E-state index in [1.165, 1.54) is 12.1 Å². The topological polar surface area (TPSA) is 122 Å². The Morgan fingerprint density at radius 2 is 1.92 bits per heavy atom. The maximum absolute atomic E-state index is 13.7. The van der Waals surface area contributed by atoms with Gasteiger partial charge in [0.1, 0.15) is 23.0 Å². The molecule has 0 bridgehead atoms. The van der Waals surface area contributed by atoms with Crippen LogP contribution >= 0.6 is 0 Å². The number of hydrogen-bond acceptors (Lipinski definition) is 9. The van der Waals surface area contributed by atoms with E-state index in [-0.39, 0.29) is 23.2 Å². The molecule has 0 aliphatic rings. The smallest absolute Gasteiger partial charge is 0.273 e. The van der Waals surface area contributed by atoms with Crippen LogP contribution in [0.3, 0.4) is 0 Å². The second kappa shape index (κ2) is 11.4. The first-order valence-corrected chi connectivity index (χ1v) is 12.4. The van der Waals surface area contributed by atoms with E-state index in [0.29, 0.717) is 29.0 Å². The van der Waals surface area contributed by atoms with Gasteiger partial charge >= 0.3 is 0 Å². The molecule has 0 fully saturated rings. The van der Waals surface area contributed by atoms with Crippen LogP contribution in [-0.4, -0.2) is 86.7 Å². The standard InChI is InChI=1S/C27H34N8O3/c1-7-23-29-15-17(35(23)5)16-34(4)27(37)24-19-14-18(36)8-9-20(19)30-25(32-24)21-10-11-22(26(31-21)38-6)28-12-13-33(2)3/h8-11,14-15,28,36H,7,12-13,16H2,1-6H3. The highest BCUT2D eigenvalue weighted by Gasteiger charge is 2.22. The van der Waals surface area contributed by atoms with Crippen LogP contribution in [0.5, 0.6) is 11.6 Å². The van der Waals surface area contributed by atoms with Crippen LogP contribution in [0.25, 0.3) is 22.4 Å². The normalized spacial score (nSPS) is 11.2. The number of benzene rings is 1. The maximum Gasteiger partial charge on any atom is 0.273 e. The molecular formula is C27H34N8O3. The molecule has 0 saturated carbocycles. The molecule has 1 aromatic carbocycles. The first-order chi connectivity index (χ1) is 18.2. The summed E-state index contributed by atoms with van der Waals surface area (Å²) in [4.78, 5) is 35.6. The van der Waals surface area contributed by atoms with E-state index in [0.717, 1.165) is 36.7 Å². The summed E-state index contributed by atoms with van der Waals surface area (Å²) in [5, 5.41) is 13.9. The van der Waals surface area contributed by atoms with Gasteiger partial charge in [0.05, 0.1) is 36.7 Å². The van der Waals surface area contributed by atoms with Crippen LogP contribution in [0.15, 0.2) is 36.5 Å². The number of aromatic nitrogens is 5. The summed E-state index contributed by atoms with van der Waals surface area (Å²) in [6.45, 7) is 3.96. The number of fused-ring (bicyclic) bond motifs is 1. The molecule has 0 spiro atoms. The number of carbonyl (C=O) groups is 1. The maximum atomic E-state index is 13.7. The number of nitrogens with zero attached hydrogens (tertiary/aromatic N) is 7. The van der Waals surface area contributed by atoms with Crippen molar-refractivity contribution in [1.29, 1.82) is 0 Å². The number of phenols is 1. The average molecular weight is 519 g/mol. The molecule has 0 radical (unpaired) electrons. The van der Waals surface area contributed by atoms with Crippen molar-refractivity contribution in [2.45, 2.75) is 19.9 Å².